The number of nitrogens with zero attached hydrogens (tertiary/aromatic N) is 1. The molecule has 2 N–H and O–H groups in total. The summed E-state index contributed by atoms with van der Waals surface area (Å²) in [7, 11) is 0. The topological polar surface area (TPSA) is 95.9 Å². The molecule has 2 aliphatic rings. The monoisotopic (exact) mass is 464 g/mol. The average Bonchev–Trinajstić information content (AvgIpc) is 3.39. The van der Waals surface area contributed by atoms with Gasteiger partial charge in [-0.3, -0.25) is 9.59 Å². The lowest BCUT2D eigenvalue weighted by Crippen LogP contribution is -2.48. The Balaban J connectivity index is 1.42. The first-order valence-corrected chi connectivity index (χ1v) is 11.9. The summed E-state index contributed by atoms with van der Waals surface area (Å²) in [6, 6.07) is 15.2. The average molecular weight is 465 g/mol. The molecule has 1 heterocycles. The van der Waals surface area contributed by atoms with Crippen LogP contribution in [0.1, 0.15) is 56.6 Å². The molecule has 1 aliphatic heterocycles. The van der Waals surface area contributed by atoms with Gasteiger partial charge in [-0.15, -0.1) is 0 Å². The number of rotatable bonds is 8. The van der Waals surface area contributed by atoms with Crippen LogP contribution in [0.15, 0.2) is 48.5 Å². The lowest BCUT2D eigenvalue weighted by atomic mass is 9.87. The largest absolute Gasteiger partial charge is 0.481 e. The van der Waals surface area contributed by atoms with E-state index in [0.29, 0.717) is 13.1 Å². The molecule has 180 valence electrons. The van der Waals surface area contributed by atoms with Crippen LogP contribution in [0.3, 0.4) is 0 Å². The van der Waals surface area contributed by atoms with Crippen LogP contribution in [0, 0.1) is 5.41 Å². The number of hydrogen-bond acceptors (Lipinski definition) is 4. The molecule has 2 atom stereocenters. The van der Waals surface area contributed by atoms with Gasteiger partial charge in [-0.1, -0.05) is 62.4 Å². The van der Waals surface area contributed by atoms with Crippen LogP contribution in [0.4, 0.5) is 4.79 Å². The molecule has 34 heavy (non-hydrogen) atoms. The van der Waals surface area contributed by atoms with Crippen molar-refractivity contribution in [2.75, 3.05) is 19.7 Å². The quantitative estimate of drug-likeness (QED) is 0.603. The zero-order valence-corrected chi connectivity index (χ0v) is 19.8. The smallest absolute Gasteiger partial charge is 0.407 e. The Labute approximate surface area is 200 Å². The number of amides is 2. The van der Waals surface area contributed by atoms with E-state index in [1.807, 2.05) is 36.4 Å². The highest BCUT2D eigenvalue weighted by molar-refractivity contribution is 5.86. The minimum atomic E-state index is -1.01. The van der Waals surface area contributed by atoms with Crippen molar-refractivity contribution in [3.05, 3.63) is 59.7 Å². The van der Waals surface area contributed by atoms with Gasteiger partial charge in [0.25, 0.3) is 0 Å². The zero-order chi connectivity index (χ0) is 24.3. The van der Waals surface area contributed by atoms with Gasteiger partial charge in [-0.25, -0.2) is 4.79 Å². The Morgan fingerprint density at radius 2 is 1.74 bits per heavy atom. The van der Waals surface area contributed by atoms with Crippen LogP contribution in [-0.4, -0.2) is 53.7 Å². The van der Waals surface area contributed by atoms with E-state index in [9.17, 15) is 14.4 Å². The number of carboxylic acids is 1. The van der Waals surface area contributed by atoms with Gasteiger partial charge in [0.05, 0.1) is 0 Å². The SMILES string of the molecule is CCC1(C)CCN(C(=O)C(CCC(=O)O)NC(=O)OCC2c3ccccc3-c3ccccc32)C1. The van der Waals surface area contributed by atoms with Crippen LogP contribution in [-0.2, 0) is 14.3 Å². The van der Waals surface area contributed by atoms with E-state index in [4.69, 9.17) is 9.84 Å². The predicted molar refractivity (Wildman–Crippen MR) is 128 cm³/mol. The lowest BCUT2D eigenvalue weighted by molar-refractivity contribution is -0.138. The van der Waals surface area contributed by atoms with E-state index in [2.05, 4.69) is 31.3 Å². The van der Waals surface area contributed by atoms with Gasteiger partial charge in [-0.2, -0.15) is 0 Å². The molecule has 1 fully saturated rings. The number of aliphatic carboxylic acids is 1. The summed E-state index contributed by atoms with van der Waals surface area (Å²) < 4.78 is 5.58. The molecule has 1 saturated heterocycles. The summed E-state index contributed by atoms with van der Waals surface area (Å²) in [5.41, 5.74) is 4.53. The Hall–Kier alpha value is -3.35. The van der Waals surface area contributed by atoms with Crippen LogP contribution in [0.5, 0.6) is 0 Å². The van der Waals surface area contributed by atoms with Gasteiger partial charge < -0.3 is 20.1 Å². The zero-order valence-electron chi connectivity index (χ0n) is 19.8. The maximum absolute atomic E-state index is 13.1. The number of nitrogens with one attached hydrogen (secondary N) is 1. The minimum Gasteiger partial charge on any atom is -0.481 e. The Bertz CT molecular complexity index is 1040. The summed E-state index contributed by atoms with van der Waals surface area (Å²) in [4.78, 5) is 38.8. The van der Waals surface area contributed by atoms with Crippen molar-refractivity contribution in [1.82, 2.24) is 10.2 Å². The van der Waals surface area contributed by atoms with Crippen molar-refractivity contribution in [3.63, 3.8) is 0 Å². The molecule has 2 aromatic carbocycles. The number of benzene rings is 2. The molecular weight excluding hydrogens is 432 g/mol. The van der Waals surface area contributed by atoms with Crippen LogP contribution < -0.4 is 5.32 Å². The van der Waals surface area contributed by atoms with Gasteiger partial charge >= 0.3 is 12.1 Å². The van der Waals surface area contributed by atoms with E-state index < -0.39 is 18.1 Å². The third kappa shape index (κ3) is 4.93. The Morgan fingerprint density at radius 1 is 1.12 bits per heavy atom. The third-order valence-electron chi connectivity index (χ3n) is 7.30. The summed E-state index contributed by atoms with van der Waals surface area (Å²) in [5, 5.41) is 11.8. The van der Waals surface area contributed by atoms with E-state index in [-0.39, 0.29) is 36.7 Å². The number of hydrogen-bond donors (Lipinski definition) is 2. The molecule has 4 rings (SSSR count). The third-order valence-corrected chi connectivity index (χ3v) is 7.30. The Kier molecular flexibility index (Phi) is 6.91. The molecular formula is C27H32N2O5. The maximum Gasteiger partial charge on any atom is 0.407 e. The molecule has 0 radical (unpaired) electrons. The summed E-state index contributed by atoms with van der Waals surface area (Å²) >= 11 is 0. The molecule has 2 aromatic rings. The molecule has 1 aliphatic carbocycles. The van der Waals surface area contributed by atoms with Crippen LogP contribution >= 0.6 is 0 Å². The van der Waals surface area contributed by atoms with Crippen molar-refractivity contribution in [3.8, 4) is 11.1 Å². The molecule has 0 spiro atoms. The predicted octanol–water partition coefficient (Wildman–Crippen LogP) is 4.41. The number of carboxylic acid groups (broad SMARTS) is 1. The van der Waals surface area contributed by atoms with Crippen molar-refractivity contribution < 1.29 is 24.2 Å². The van der Waals surface area contributed by atoms with E-state index in [1.54, 1.807) is 4.90 Å². The second-order valence-electron chi connectivity index (χ2n) is 9.63. The standard InChI is InChI=1S/C27H32N2O5/c1-3-27(2)14-15-29(17-27)25(32)23(12-13-24(30)31)28-26(33)34-16-22-20-10-6-4-8-18(20)19-9-5-7-11-21(19)22/h4-11,22-23H,3,12-17H2,1-2H3,(H,28,33)(H,30,31). The van der Waals surface area contributed by atoms with E-state index in [1.165, 1.54) is 0 Å². The highest BCUT2D eigenvalue weighted by Crippen LogP contribution is 2.44. The van der Waals surface area contributed by atoms with E-state index >= 15 is 0 Å². The van der Waals surface area contributed by atoms with Crippen molar-refractivity contribution in [2.45, 2.75) is 51.5 Å². The number of fused-ring (bicyclic) bond motifs is 3. The second kappa shape index (κ2) is 9.87. The molecule has 7 nitrogen and oxygen atoms in total. The first-order chi connectivity index (χ1) is 16.3. The van der Waals surface area contributed by atoms with Crippen molar-refractivity contribution in [1.29, 1.82) is 0 Å². The van der Waals surface area contributed by atoms with Gasteiger partial charge in [0.1, 0.15) is 12.6 Å². The number of ether oxygens (including phenoxy) is 1. The summed E-state index contributed by atoms with van der Waals surface area (Å²) in [5.74, 6) is -1.34. The normalized spacial score (nSPS) is 19.9. The molecule has 0 bridgehead atoms. The first kappa shape index (κ1) is 23.8. The van der Waals surface area contributed by atoms with Crippen LogP contribution in [0.25, 0.3) is 11.1 Å². The second-order valence-corrected chi connectivity index (χ2v) is 9.63. The van der Waals surface area contributed by atoms with Gasteiger partial charge in [0.2, 0.25) is 5.91 Å². The summed E-state index contributed by atoms with van der Waals surface area (Å²) in [6.07, 6.45) is 0.960. The summed E-state index contributed by atoms with van der Waals surface area (Å²) in [6.45, 7) is 5.60. The van der Waals surface area contributed by atoms with Gasteiger partial charge in [0.15, 0.2) is 0 Å². The van der Waals surface area contributed by atoms with E-state index in [0.717, 1.165) is 35.1 Å². The molecule has 0 aromatic heterocycles. The highest BCUT2D eigenvalue weighted by atomic mass is 16.5. The fraction of sp³-hybridized carbons (Fsp3) is 0.444. The molecule has 2 amide bonds. The van der Waals surface area contributed by atoms with Gasteiger partial charge in [0, 0.05) is 25.4 Å². The molecule has 7 heteroatoms. The number of alkyl carbamates (subject to hydrolysis) is 1. The molecule has 0 saturated carbocycles. The van der Waals surface area contributed by atoms with Crippen LogP contribution in [0.2, 0.25) is 0 Å². The molecule has 2 unspecified atom stereocenters. The number of carbonyl (C=O) groups excluding carboxylic acids is 2. The first-order valence-electron chi connectivity index (χ1n) is 11.9. The Morgan fingerprint density at radius 3 is 2.29 bits per heavy atom. The van der Waals surface area contributed by atoms with Crippen molar-refractivity contribution in [2.24, 2.45) is 5.41 Å². The lowest BCUT2D eigenvalue weighted by Gasteiger charge is -2.26. The number of likely N-dealkylation sites (tertiary alicyclic amines) is 1. The minimum absolute atomic E-state index is 0.0255. The fourth-order valence-electron chi connectivity index (χ4n) is 5.03. The fourth-order valence-corrected chi connectivity index (χ4v) is 5.03. The number of carbonyl (C=O) groups is 3. The maximum atomic E-state index is 13.1. The van der Waals surface area contributed by atoms with Gasteiger partial charge in [-0.05, 0) is 46.9 Å². The highest BCUT2D eigenvalue weighted by Gasteiger charge is 2.37. The van der Waals surface area contributed by atoms with Crippen molar-refractivity contribution >= 4 is 18.0 Å².